The molecule has 0 aliphatic carbocycles. The zero-order chi connectivity index (χ0) is 15.4. The first-order valence-corrected chi connectivity index (χ1v) is 8.44. The molecule has 1 aliphatic rings. The molecule has 22 heavy (non-hydrogen) atoms. The minimum atomic E-state index is 0.167. The van der Waals surface area contributed by atoms with Crippen LogP contribution in [0.4, 0.5) is 0 Å². The van der Waals surface area contributed by atoms with Gasteiger partial charge in [0.1, 0.15) is 0 Å². The van der Waals surface area contributed by atoms with Crippen molar-refractivity contribution in [1.82, 2.24) is 4.90 Å². The molecule has 2 aromatic rings. The van der Waals surface area contributed by atoms with Gasteiger partial charge in [0.15, 0.2) is 5.78 Å². The molecule has 0 N–H and O–H groups in total. The van der Waals surface area contributed by atoms with Crippen molar-refractivity contribution in [3.05, 3.63) is 77.5 Å². The lowest BCUT2D eigenvalue weighted by atomic mass is 10.0. The van der Waals surface area contributed by atoms with E-state index in [4.69, 9.17) is 0 Å². The number of carbonyl (C=O) groups is 1. The summed E-state index contributed by atoms with van der Waals surface area (Å²) >= 11 is 1.77. The van der Waals surface area contributed by atoms with E-state index in [0.29, 0.717) is 0 Å². The van der Waals surface area contributed by atoms with Crippen molar-refractivity contribution in [2.45, 2.75) is 17.9 Å². The second-order valence-electron chi connectivity index (χ2n) is 5.48. The highest BCUT2D eigenvalue weighted by Gasteiger charge is 2.20. The third kappa shape index (κ3) is 3.42. The Morgan fingerprint density at radius 1 is 1.09 bits per heavy atom. The molecule has 112 valence electrons. The van der Waals surface area contributed by atoms with Crippen LogP contribution in [0.25, 0.3) is 0 Å². The lowest BCUT2D eigenvalue weighted by Gasteiger charge is -2.16. The summed E-state index contributed by atoms with van der Waals surface area (Å²) in [5.74, 6) is 1.12. The molecular formula is C19H19NOS. The summed E-state index contributed by atoms with van der Waals surface area (Å²) in [6.45, 7) is 0.812. The average molecular weight is 309 g/mol. The van der Waals surface area contributed by atoms with Gasteiger partial charge in [-0.25, -0.2) is 0 Å². The standard InChI is InChI=1S/C19H19NOS/c1-20(13-15-7-3-2-4-8-15)14-16-11-12-22-18-10-6-5-9-17(18)19(16)21/h2-10,14H,11-13H2,1H3/b16-14+. The number of hydrogen-bond acceptors (Lipinski definition) is 3. The minimum absolute atomic E-state index is 0.167. The van der Waals surface area contributed by atoms with Crippen LogP contribution in [0.15, 0.2) is 71.3 Å². The second kappa shape index (κ2) is 6.84. The van der Waals surface area contributed by atoms with Gasteiger partial charge in [-0.05, 0) is 24.1 Å². The highest BCUT2D eigenvalue weighted by molar-refractivity contribution is 7.99. The van der Waals surface area contributed by atoms with Gasteiger partial charge in [-0.2, -0.15) is 0 Å². The maximum atomic E-state index is 12.7. The maximum Gasteiger partial charge on any atom is 0.191 e. The van der Waals surface area contributed by atoms with E-state index in [1.54, 1.807) is 11.8 Å². The highest BCUT2D eigenvalue weighted by Crippen LogP contribution is 2.31. The molecule has 0 aromatic heterocycles. The number of ketones is 1. The van der Waals surface area contributed by atoms with Crippen LogP contribution in [0, 0.1) is 0 Å². The number of allylic oxidation sites excluding steroid dienone is 1. The van der Waals surface area contributed by atoms with Gasteiger partial charge >= 0.3 is 0 Å². The molecule has 0 fully saturated rings. The van der Waals surface area contributed by atoms with Crippen molar-refractivity contribution < 1.29 is 4.79 Å². The maximum absolute atomic E-state index is 12.7. The SMILES string of the molecule is CN(/C=C1\CCSc2ccccc2C1=O)Cc1ccccc1. The number of nitrogens with zero attached hydrogens (tertiary/aromatic N) is 1. The number of benzene rings is 2. The first-order chi connectivity index (χ1) is 10.7. The molecule has 3 rings (SSSR count). The summed E-state index contributed by atoms with van der Waals surface area (Å²) in [6.07, 6.45) is 2.83. The molecule has 0 unspecified atom stereocenters. The molecule has 0 amide bonds. The molecule has 0 radical (unpaired) electrons. The van der Waals surface area contributed by atoms with Gasteiger partial charge in [-0.3, -0.25) is 4.79 Å². The molecule has 0 atom stereocenters. The van der Waals surface area contributed by atoms with E-state index in [1.807, 2.05) is 55.7 Å². The summed E-state index contributed by atoms with van der Waals surface area (Å²) in [7, 11) is 2.03. The number of hydrogen-bond donors (Lipinski definition) is 0. The molecule has 0 spiro atoms. The number of carbonyl (C=O) groups excluding carboxylic acids is 1. The molecule has 1 heterocycles. The van der Waals surface area contributed by atoms with E-state index in [2.05, 4.69) is 17.0 Å². The Balaban J connectivity index is 1.80. The van der Waals surface area contributed by atoms with Crippen molar-refractivity contribution in [2.75, 3.05) is 12.8 Å². The van der Waals surface area contributed by atoms with Gasteiger partial charge in [0.05, 0.1) is 0 Å². The van der Waals surface area contributed by atoms with Crippen LogP contribution in [0.2, 0.25) is 0 Å². The fourth-order valence-electron chi connectivity index (χ4n) is 2.64. The number of Topliss-reactive ketones (excluding diaryl/α,β-unsaturated/α-hetero) is 1. The lowest BCUT2D eigenvalue weighted by molar-refractivity contribution is 0.102. The Morgan fingerprint density at radius 2 is 1.82 bits per heavy atom. The predicted octanol–water partition coefficient (Wildman–Crippen LogP) is 4.38. The molecule has 0 saturated heterocycles. The third-order valence-corrected chi connectivity index (χ3v) is 4.78. The fourth-order valence-corrected chi connectivity index (χ4v) is 3.68. The van der Waals surface area contributed by atoms with Crippen molar-refractivity contribution in [3.63, 3.8) is 0 Å². The van der Waals surface area contributed by atoms with Gasteiger partial charge in [-0.15, -0.1) is 11.8 Å². The Morgan fingerprint density at radius 3 is 2.64 bits per heavy atom. The summed E-state index contributed by atoms with van der Waals surface area (Å²) in [5, 5.41) is 0. The van der Waals surface area contributed by atoms with Crippen molar-refractivity contribution in [1.29, 1.82) is 0 Å². The summed E-state index contributed by atoms with van der Waals surface area (Å²) in [5.41, 5.74) is 2.98. The Bertz CT molecular complexity index is 694. The van der Waals surface area contributed by atoms with Gasteiger partial charge in [0.2, 0.25) is 0 Å². The fraction of sp³-hybridized carbons (Fsp3) is 0.211. The first-order valence-electron chi connectivity index (χ1n) is 7.45. The summed E-state index contributed by atoms with van der Waals surface area (Å²) < 4.78 is 0. The quantitative estimate of drug-likeness (QED) is 0.785. The first kappa shape index (κ1) is 14.9. The topological polar surface area (TPSA) is 20.3 Å². The molecule has 0 bridgehead atoms. The van der Waals surface area contributed by atoms with Gasteiger partial charge in [0, 0.05) is 41.6 Å². The van der Waals surface area contributed by atoms with E-state index in [9.17, 15) is 4.79 Å². The van der Waals surface area contributed by atoms with Crippen LogP contribution in [0.3, 0.4) is 0 Å². The van der Waals surface area contributed by atoms with Crippen LogP contribution in [-0.2, 0) is 6.54 Å². The van der Waals surface area contributed by atoms with Crippen LogP contribution < -0.4 is 0 Å². The summed E-state index contributed by atoms with van der Waals surface area (Å²) in [6, 6.07) is 18.2. The van der Waals surface area contributed by atoms with Gasteiger partial charge < -0.3 is 4.90 Å². The van der Waals surface area contributed by atoms with E-state index in [-0.39, 0.29) is 5.78 Å². The van der Waals surface area contributed by atoms with E-state index < -0.39 is 0 Å². The highest BCUT2D eigenvalue weighted by atomic mass is 32.2. The Labute approximate surface area is 135 Å². The van der Waals surface area contributed by atoms with Gasteiger partial charge in [0.25, 0.3) is 0 Å². The Kier molecular flexibility index (Phi) is 4.64. The van der Waals surface area contributed by atoms with Crippen LogP contribution >= 0.6 is 11.8 Å². The molecular weight excluding hydrogens is 290 g/mol. The minimum Gasteiger partial charge on any atom is -0.376 e. The van der Waals surface area contributed by atoms with Crippen LogP contribution in [0.5, 0.6) is 0 Å². The van der Waals surface area contributed by atoms with Crippen molar-refractivity contribution in [2.24, 2.45) is 0 Å². The number of thioether (sulfide) groups is 1. The zero-order valence-corrected chi connectivity index (χ0v) is 13.5. The molecule has 0 saturated carbocycles. The number of rotatable bonds is 3. The van der Waals surface area contributed by atoms with E-state index in [0.717, 1.165) is 34.8 Å². The zero-order valence-electron chi connectivity index (χ0n) is 12.7. The van der Waals surface area contributed by atoms with Gasteiger partial charge in [-0.1, -0.05) is 42.5 Å². The Hall–Kier alpha value is -2.00. The monoisotopic (exact) mass is 309 g/mol. The van der Waals surface area contributed by atoms with E-state index in [1.165, 1.54) is 5.56 Å². The van der Waals surface area contributed by atoms with Crippen molar-refractivity contribution in [3.8, 4) is 0 Å². The van der Waals surface area contributed by atoms with Crippen LogP contribution in [0.1, 0.15) is 22.3 Å². The second-order valence-corrected chi connectivity index (χ2v) is 6.62. The number of fused-ring (bicyclic) bond motifs is 1. The van der Waals surface area contributed by atoms with Crippen molar-refractivity contribution >= 4 is 17.5 Å². The molecule has 2 nitrogen and oxygen atoms in total. The predicted molar refractivity (Wildman–Crippen MR) is 92.1 cm³/mol. The molecule has 1 aliphatic heterocycles. The third-order valence-electron chi connectivity index (χ3n) is 3.70. The van der Waals surface area contributed by atoms with E-state index >= 15 is 0 Å². The normalized spacial score (nSPS) is 16.2. The lowest BCUT2D eigenvalue weighted by Crippen LogP contribution is -2.14. The summed E-state index contributed by atoms with van der Waals surface area (Å²) in [4.78, 5) is 15.9. The molecule has 2 aromatic carbocycles. The molecule has 3 heteroatoms. The largest absolute Gasteiger partial charge is 0.376 e. The smallest absolute Gasteiger partial charge is 0.191 e. The van der Waals surface area contributed by atoms with Crippen LogP contribution in [-0.4, -0.2) is 23.5 Å². The average Bonchev–Trinajstić information content (AvgIpc) is 2.69.